The van der Waals surface area contributed by atoms with Gasteiger partial charge in [-0.05, 0) is 25.0 Å². The fourth-order valence-corrected chi connectivity index (χ4v) is 4.79. The van der Waals surface area contributed by atoms with Crippen LogP contribution in [-0.4, -0.2) is 38.6 Å². The molecular formula is C14H21ClN2O2S. The Labute approximate surface area is 125 Å². The SMILES string of the molecule is C[C@]1(NCCNCc2ccccc2Cl)CCS(=O)(=O)C1. The lowest BCUT2D eigenvalue weighted by Gasteiger charge is -2.24. The van der Waals surface area contributed by atoms with Crippen LogP contribution in [0.1, 0.15) is 18.9 Å². The minimum atomic E-state index is -2.85. The quantitative estimate of drug-likeness (QED) is 0.783. The van der Waals surface area contributed by atoms with Crippen LogP contribution < -0.4 is 10.6 Å². The maximum absolute atomic E-state index is 11.5. The number of benzene rings is 1. The van der Waals surface area contributed by atoms with Crippen LogP contribution in [0.2, 0.25) is 5.02 Å². The zero-order valence-electron chi connectivity index (χ0n) is 11.7. The molecule has 1 saturated heterocycles. The van der Waals surface area contributed by atoms with Gasteiger partial charge in [0.05, 0.1) is 11.5 Å². The summed E-state index contributed by atoms with van der Waals surface area (Å²) >= 11 is 6.07. The van der Waals surface area contributed by atoms with Gasteiger partial charge in [0.15, 0.2) is 9.84 Å². The highest BCUT2D eigenvalue weighted by atomic mass is 35.5. The van der Waals surface area contributed by atoms with Crippen LogP contribution >= 0.6 is 11.6 Å². The summed E-state index contributed by atoms with van der Waals surface area (Å²) in [7, 11) is -2.85. The summed E-state index contributed by atoms with van der Waals surface area (Å²) < 4.78 is 23.0. The molecule has 0 saturated carbocycles. The second-order valence-electron chi connectivity index (χ2n) is 5.60. The van der Waals surface area contributed by atoms with Gasteiger partial charge in [0.25, 0.3) is 0 Å². The summed E-state index contributed by atoms with van der Waals surface area (Å²) in [5.74, 6) is 0.536. The molecule has 4 nitrogen and oxygen atoms in total. The third-order valence-corrected chi connectivity index (χ3v) is 5.90. The van der Waals surface area contributed by atoms with Gasteiger partial charge in [-0.25, -0.2) is 8.42 Å². The van der Waals surface area contributed by atoms with Crippen molar-refractivity contribution in [3.05, 3.63) is 34.9 Å². The van der Waals surface area contributed by atoms with Crippen molar-refractivity contribution in [1.29, 1.82) is 0 Å². The largest absolute Gasteiger partial charge is 0.311 e. The Balaban J connectivity index is 1.69. The molecule has 0 radical (unpaired) electrons. The number of hydrogen-bond acceptors (Lipinski definition) is 4. The number of rotatable bonds is 6. The molecule has 0 spiro atoms. The third-order valence-electron chi connectivity index (χ3n) is 3.63. The molecule has 0 aromatic heterocycles. The van der Waals surface area contributed by atoms with Crippen molar-refractivity contribution in [1.82, 2.24) is 10.6 Å². The highest BCUT2D eigenvalue weighted by Crippen LogP contribution is 2.22. The Morgan fingerprint density at radius 3 is 2.70 bits per heavy atom. The second-order valence-corrected chi connectivity index (χ2v) is 8.19. The standard InChI is InChI=1S/C14H21ClN2O2S/c1-14(6-9-20(18,19)11-14)17-8-7-16-10-12-4-2-3-5-13(12)15/h2-5,16-17H,6-11H2,1H3/t14-/m0/s1. The molecule has 0 aliphatic carbocycles. The molecule has 1 heterocycles. The number of halogens is 1. The van der Waals surface area contributed by atoms with E-state index in [1.165, 1.54) is 0 Å². The van der Waals surface area contributed by atoms with E-state index in [9.17, 15) is 8.42 Å². The topological polar surface area (TPSA) is 58.2 Å². The fraction of sp³-hybridized carbons (Fsp3) is 0.571. The lowest BCUT2D eigenvalue weighted by atomic mass is 10.0. The van der Waals surface area contributed by atoms with Crippen LogP contribution in [-0.2, 0) is 16.4 Å². The Morgan fingerprint density at radius 2 is 2.05 bits per heavy atom. The van der Waals surface area contributed by atoms with Crippen LogP contribution in [0, 0.1) is 0 Å². The van der Waals surface area contributed by atoms with Gasteiger partial charge in [0.1, 0.15) is 0 Å². The smallest absolute Gasteiger partial charge is 0.152 e. The lowest BCUT2D eigenvalue weighted by Crippen LogP contribution is -2.46. The average molecular weight is 317 g/mol. The van der Waals surface area contributed by atoms with Crippen molar-refractivity contribution in [2.24, 2.45) is 0 Å². The molecule has 2 rings (SSSR count). The molecule has 20 heavy (non-hydrogen) atoms. The van der Waals surface area contributed by atoms with Gasteiger partial charge in [0, 0.05) is 30.2 Å². The van der Waals surface area contributed by atoms with Gasteiger partial charge in [-0.15, -0.1) is 0 Å². The molecule has 112 valence electrons. The first-order valence-corrected chi connectivity index (χ1v) is 9.00. The summed E-state index contributed by atoms with van der Waals surface area (Å²) in [4.78, 5) is 0. The summed E-state index contributed by atoms with van der Waals surface area (Å²) in [5, 5.41) is 7.41. The van der Waals surface area contributed by atoms with E-state index in [-0.39, 0.29) is 11.3 Å². The van der Waals surface area contributed by atoms with Crippen LogP contribution in [0.25, 0.3) is 0 Å². The van der Waals surface area contributed by atoms with Crippen LogP contribution in [0.5, 0.6) is 0 Å². The molecular weight excluding hydrogens is 296 g/mol. The fourth-order valence-electron chi connectivity index (χ4n) is 2.47. The molecule has 0 amide bonds. The molecule has 0 unspecified atom stereocenters. The minimum Gasteiger partial charge on any atom is -0.311 e. The molecule has 6 heteroatoms. The monoisotopic (exact) mass is 316 g/mol. The molecule has 1 fully saturated rings. The highest BCUT2D eigenvalue weighted by Gasteiger charge is 2.37. The van der Waals surface area contributed by atoms with E-state index in [0.29, 0.717) is 12.2 Å². The first-order chi connectivity index (χ1) is 9.40. The summed E-state index contributed by atoms with van der Waals surface area (Å²) in [6.45, 7) is 4.22. The van der Waals surface area contributed by atoms with Crippen molar-refractivity contribution in [2.45, 2.75) is 25.4 Å². The van der Waals surface area contributed by atoms with Gasteiger partial charge < -0.3 is 10.6 Å². The van der Waals surface area contributed by atoms with Crippen LogP contribution in [0.3, 0.4) is 0 Å². The summed E-state index contributed by atoms with van der Waals surface area (Å²) in [6, 6.07) is 7.75. The molecule has 1 aliphatic heterocycles. The second kappa shape index (κ2) is 6.43. The molecule has 0 bridgehead atoms. The molecule has 1 aliphatic rings. The van der Waals surface area contributed by atoms with E-state index in [1.54, 1.807) is 0 Å². The predicted octanol–water partition coefficient (Wildman–Crippen LogP) is 1.60. The maximum Gasteiger partial charge on any atom is 0.152 e. The highest BCUT2D eigenvalue weighted by molar-refractivity contribution is 7.91. The molecule has 1 aromatic rings. The van der Waals surface area contributed by atoms with Gasteiger partial charge in [-0.1, -0.05) is 29.8 Å². The Morgan fingerprint density at radius 1 is 1.30 bits per heavy atom. The lowest BCUT2D eigenvalue weighted by molar-refractivity contribution is 0.395. The van der Waals surface area contributed by atoms with E-state index in [4.69, 9.17) is 11.6 Å². The minimum absolute atomic E-state index is 0.241. The van der Waals surface area contributed by atoms with E-state index in [2.05, 4.69) is 10.6 Å². The van der Waals surface area contributed by atoms with Gasteiger partial charge >= 0.3 is 0 Å². The van der Waals surface area contributed by atoms with E-state index in [1.807, 2.05) is 31.2 Å². The van der Waals surface area contributed by atoms with Crippen molar-refractivity contribution in [3.8, 4) is 0 Å². The zero-order chi connectivity index (χ0) is 14.6. The predicted molar refractivity (Wildman–Crippen MR) is 82.8 cm³/mol. The summed E-state index contributed by atoms with van der Waals surface area (Å²) in [6.07, 6.45) is 0.694. The van der Waals surface area contributed by atoms with Gasteiger partial charge in [0.2, 0.25) is 0 Å². The number of nitrogens with one attached hydrogen (secondary N) is 2. The average Bonchev–Trinajstić information content (AvgIpc) is 2.66. The first-order valence-electron chi connectivity index (χ1n) is 6.80. The van der Waals surface area contributed by atoms with E-state index < -0.39 is 9.84 Å². The summed E-state index contributed by atoms with van der Waals surface area (Å²) in [5.41, 5.74) is 0.800. The van der Waals surface area contributed by atoms with Crippen molar-refractivity contribution in [2.75, 3.05) is 24.6 Å². The van der Waals surface area contributed by atoms with Crippen LogP contribution in [0.4, 0.5) is 0 Å². The first kappa shape index (κ1) is 15.8. The van der Waals surface area contributed by atoms with Crippen molar-refractivity contribution < 1.29 is 8.42 Å². The Hall–Kier alpha value is -0.620. The Kier molecular flexibility index (Phi) is 5.07. The van der Waals surface area contributed by atoms with E-state index in [0.717, 1.165) is 30.2 Å². The Bertz CT molecular complexity index is 562. The normalized spacial score (nSPS) is 24.9. The molecule has 1 aromatic carbocycles. The third kappa shape index (κ3) is 4.45. The zero-order valence-corrected chi connectivity index (χ0v) is 13.2. The van der Waals surface area contributed by atoms with E-state index >= 15 is 0 Å². The number of sulfone groups is 1. The number of hydrogen-bond donors (Lipinski definition) is 2. The maximum atomic E-state index is 11.5. The van der Waals surface area contributed by atoms with Gasteiger partial charge in [-0.2, -0.15) is 0 Å². The van der Waals surface area contributed by atoms with Crippen LogP contribution in [0.15, 0.2) is 24.3 Å². The van der Waals surface area contributed by atoms with Gasteiger partial charge in [-0.3, -0.25) is 0 Å². The molecule has 1 atom stereocenters. The van der Waals surface area contributed by atoms with Crippen molar-refractivity contribution >= 4 is 21.4 Å². The van der Waals surface area contributed by atoms with Crippen molar-refractivity contribution in [3.63, 3.8) is 0 Å². The molecule has 2 N–H and O–H groups in total.